The lowest BCUT2D eigenvalue weighted by Gasteiger charge is -2.38. The van der Waals surface area contributed by atoms with Crippen LogP contribution in [0.5, 0.6) is 0 Å². The molecule has 3 atom stereocenters. The molecule has 1 saturated carbocycles. The van der Waals surface area contributed by atoms with Crippen molar-refractivity contribution in [2.24, 2.45) is 23.7 Å². The Morgan fingerprint density at radius 1 is 1.11 bits per heavy atom. The van der Waals surface area contributed by atoms with Crippen molar-refractivity contribution in [3.05, 3.63) is 0 Å². The van der Waals surface area contributed by atoms with Crippen LogP contribution >= 0.6 is 0 Å². The second-order valence-electron chi connectivity index (χ2n) is 6.89. The summed E-state index contributed by atoms with van der Waals surface area (Å²) in [7, 11) is 0. The highest BCUT2D eigenvalue weighted by Crippen LogP contribution is 2.35. The van der Waals surface area contributed by atoms with Crippen molar-refractivity contribution < 1.29 is 4.74 Å². The molecule has 0 aromatic heterocycles. The fourth-order valence-corrected chi connectivity index (χ4v) is 3.61. The van der Waals surface area contributed by atoms with Crippen LogP contribution in [0.25, 0.3) is 0 Å². The van der Waals surface area contributed by atoms with Crippen LogP contribution in [0.3, 0.4) is 0 Å². The first-order valence-electron chi connectivity index (χ1n) is 7.99. The van der Waals surface area contributed by atoms with Gasteiger partial charge < -0.3 is 10.1 Å². The van der Waals surface area contributed by atoms with Gasteiger partial charge in [-0.25, -0.2) is 0 Å². The maximum atomic E-state index is 6.34. The van der Waals surface area contributed by atoms with Crippen LogP contribution in [-0.4, -0.2) is 25.8 Å². The number of hydrogen-bond acceptors (Lipinski definition) is 2. The highest BCUT2D eigenvalue weighted by Gasteiger charge is 2.31. The molecule has 106 valence electrons. The van der Waals surface area contributed by atoms with Gasteiger partial charge in [0.25, 0.3) is 0 Å². The first kappa shape index (κ1) is 14.3. The largest absolute Gasteiger partial charge is 0.378 e. The molecule has 0 amide bonds. The van der Waals surface area contributed by atoms with Crippen molar-refractivity contribution >= 4 is 0 Å². The molecule has 0 spiro atoms. The lowest BCUT2D eigenvalue weighted by atomic mass is 9.75. The molecule has 18 heavy (non-hydrogen) atoms. The molecule has 1 N–H and O–H groups in total. The zero-order valence-electron chi connectivity index (χ0n) is 12.5. The van der Waals surface area contributed by atoms with Crippen LogP contribution in [0.15, 0.2) is 0 Å². The van der Waals surface area contributed by atoms with Crippen molar-refractivity contribution in [2.75, 3.05) is 19.7 Å². The standard InChI is InChI=1S/C16H31NO/c1-12(2)15-5-4-13(3)10-16(15)18-11-14-6-8-17-9-7-14/h12-17H,4-11H2,1-3H3. The molecule has 0 aromatic rings. The smallest absolute Gasteiger partial charge is 0.0608 e. The molecule has 1 saturated heterocycles. The summed E-state index contributed by atoms with van der Waals surface area (Å²) in [5.74, 6) is 3.23. The van der Waals surface area contributed by atoms with E-state index in [-0.39, 0.29) is 0 Å². The Morgan fingerprint density at radius 3 is 2.50 bits per heavy atom. The first-order chi connectivity index (χ1) is 8.66. The predicted molar refractivity (Wildman–Crippen MR) is 76.7 cm³/mol. The van der Waals surface area contributed by atoms with Gasteiger partial charge in [0.2, 0.25) is 0 Å². The van der Waals surface area contributed by atoms with Gasteiger partial charge in [0.1, 0.15) is 0 Å². The number of rotatable bonds is 4. The third-order valence-electron chi connectivity index (χ3n) is 4.97. The van der Waals surface area contributed by atoms with Crippen LogP contribution in [-0.2, 0) is 4.74 Å². The van der Waals surface area contributed by atoms with Gasteiger partial charge in [-0.2, -0.15) is 0 Å². The average molecular weight is 253 g/mol. The molecule has 0 bridgehead atoms. The molecule has 0 aromatic carbocycles. The quantitative estimate of drug-likeness (QED) is 0.828. The van der Waals surface area contributed by atoms with E-state index >= 15 is 0 Å². The maximum absolute atomic E-state index is 6.34. The van der Waals surface area contributed by atoms with Gasteiger partial charge in [-0.15, -0.1) is 0 Å². The molecule has 0 radical (unpaired) electrons. The Balaban J connectivity index is 1.80. The Hall–Kier alpha value is -0.0800. The van der Waals surface area contributed by atoms with Crippen LogP contribution in [0.1, 0.15) is 52.9 Å². The van der Waals surface area contributed by atoms with Crippen molar-refractivity contribution in [1.82, 2.24) is 5.32 Å². The van der Waals surface area contributed by atoms with E-state index in [2.05, 4.69) is 26.1 Å². The van der Waals surface area contributed by atoms with Crippen molar-refractivity contribution in [3.8, 4) is 0 Å². The molecule has 1 heterocycles. The molecule has 2 fully saturated rings. The normalized spacial score (nSPS) is 35.0. The summed E-state index contributed by atoms with van der Waals surface area (Å²) < 4.78 is 6.34. The molecule has 1 aliphatic carbocycles. The number of hydrogen-bond donors (Lipinski definition) is 1. The summed E-state index contributed by atoms with van der Waals surface area (Å²) in [6.07, 6.45) is 7.19. The zero-order valence-corrected chi connectivity index (χ0v) is 12.5. The fraction of sp³-hybridized carbons (Fsp3) is 1.00. The van der Waals surface area contributed by atoms with Gasteiger partial charge in [0.05, 0.1) is 6.10 Å². The fourth-order valence-electron chi connectivity index (χ4n) is 3.61. The van der Waals surface area contributed by atoms with E-state index in [1.165, 1.54) is 45.2 Å². The second kappa shape index (κ2) is 6.91. The minimum Gasteiger partial charge on any atom is -0.378 e. The average Bonchev–Trinajstić information content (AvgIpc) is 2.37. The predicted octanol–water partition coefficient (Wildman–Crippen LogP) is 3.46. The summed E-state index contributed by atoms with van der Waals surface area (Å²) in [6, 6.07) is 0. The lowest BCUT2D eigenvalue weighted by molar-refractivity contribution is -0.0542. The molecule has 2 rings (SSSR count). The molecule has 1 aliphatic heterocycles. The van der Waals surface area contributed by atoms with Crippen LogP contribution in [0.4, 0.5) is 0 Å². The van der Waals surface area contributed by atoms with Crippen molar-refractivity contribution in [1.29, 1.82) is 0 Å². The van der Waals surface area contributed by atoms with Gasteiger partial charge in [0, 0.05) is 6.61 Å². The Kier molecular flexibility index (Phi) is 5.50. The summed E-state index contributed by atoms with van der Waals surface area (Å²) >= 11 is 0. The minimum absolute atomic E-state index is 0.531. The minimum atomic E-state index is 0.531. The molecule has 2 nitrogen and oxygen atoms in total. The highest BCUT2D eigenvalue weighted by molar-refractivity contribution is 4.82. The Labute approximate surface area is 113 Å². The van der Waals surface area contributed by atoms with E-state index in [9.17, 15) is 0 Å². The second-order valence-corrected chi connectivity index (χ2v) is 6.89. The molecule has 2 aliphatic rings. The highest BCUT2D eigenvalue weighted by atomic mass is 16.5. The van der Waals surface area contributed by atoms with Crippen LogP contribution in [0, 0.1) is 23.7 Å². The molecular formula is C16H31NO. The van der Waals surface area contributed by atoms with Crippen LogP contribution in [0.2, 0.25) is 0 Å². The van der Waals surface area contributed by atoms with E-state index in [1.807, 2.05) is 0 Å². The van der Waals surface area contributed by atoms with E-state index in [0.717, 1.165) is 30.3 Å². The summed E-state index contributed by atoms with van der Waals surface area (Å²) in [5, 5.41) is 3.43. The SMILES string of the molecule is CC1CCC(C(C)C)C(OCC2CCNCC2)C1. The van der Waals surface area contributed by atoms with Gasteiger partial charge >= 0.3 is 0 Å². The van der Waals surface area contributed by atoms with Crippen LogP contribution < -0.4 is 5.32 Å². The third-order valence-corrected chi connectivity index (χ3v) is 4.97. The van der Waals surface area contributed by atoms with Gasteiger partial charge in [-0.05, 0) is 62.4 Å². The van der Waals surface area contributed by atoms with Gasteiger partial charge in [-0.1, -0.05) is 27.2 Å². The molecule has 2 heteroatoms. The van der Waals surface area contributed by atoms with E-state index in [0.29, 0.717) is 6.10 Å². The van der Waals surface area contributed by atoms with Gasteiger partial charge in [-0.3, -0.25) is 0 Å². The number of piperidine rings is 1. The van der Waals surface area contributed by atoms with E-state index < -0.39 is 0 Å². The zero-order chi connectivity index (χ0) is 13.0. The molecule has 3 unspecified atom stereocenters. The number of nitrogens with one attached hydrogen (secondary N) is 1. The molecular weight excluding hydrogens is 222 g/mol. The Morgan fingerprint density at radius 2 is 1.83 bits per heavy atom. The van der Waals surface area contributed by atoms with Crippen molar-refractivity contribution in [2.45, 2.75) is 59.0 Å². The first-order valence-corrected chi connectivity index (χ1v) is 7.99. The monoisotopic (exact) mass is 253 g/mol. The van der Waals surface area contributed by atoms with Gasteiger partial charge in [0.15, 0.2) is 0 Å². The lowest BCUT2D eigenvalue weighted by Crippen LogP contribution is -2.37. The topological polar surface area (TPSA) is 21.3 Å². The number of ether oxygens (including phenoxy) is 1. The summed E-state index contributed by atoms with van der Waals surface area (Å²) in [5.41, 5.74) is 0. The van der Waals surface area contributed by atoms with Crippen molar-refractivity contribution in [3.63, 3.8) is 0 Å². The summed E-state index contributed by atoms with van der Waals surface area (Å²) in [4.78, 5) is 0. The maximum Gasteiger partial charge on any atom is 0.0608 e. The van der Waals surface area contributed by atoms with E-state index in [4.69, 9.17) is 4.74 Å². The third kappa shape index (κ3) is 3.96. The Bertz CT molecular complexity index is 235. The van der Waals surface area contributed by atoms with E-state index in [1.54, 1.807) is 0 Å². The summed E-state index contributed by atoms with van der Waals surface area (Å²) in [6.45, 7) is 10.5.